The molecule has 5 rings (SSSR count). The summed E-state index contributed by atoms with van der Waals surface area (Å²) in [5, 5.41) is 21.2. The van der Waals surface area contributed by atoms with Crippen LogP contribution in [0.25, 0.3) is 12.2 Å². The van der Waals surface area contributed by atoms with Gasteiger partial charge in [-0.2, -0.15) is 9.78 Å². The molecule has 8 nitrogen and oxygen atoms in total. The Labute approximate surface area is 163 Å². The number of hydrogen-bond donors (Lipinski definition) is 2. The number of aromatic amines is 1. The molecule has 0 amide bonds. The number of hydrogen-bond acceptors (Lipinski definition) is 6. The molecule has 0 unspecified atom stereocenters. The summed E-state index contributed by atoms with van der Waals surface area (Å²) in [5.41, 5.74) is 2.07. The van der Waals surface area contributed by atoms with Gasteiger partial charge in [0.1, 0.15) is 17.5 Å². The summed E-state index contributed by atoms with van der Waals surface area (Å²) in [6.45, 7) is 0. The molecule has 0 saturated heterocycles. The number of aromatic nitrogens is 6. The highest BCUT2D eigenvalue weighted by molar-refractivity contribution is 5.75. The van der Waals surface area contributed by atoms with Crippen molar-refractivity contribution in [1.29, 1.82) is 0 Å². The summed E-state index contributed by atoms with van der Waals surface area (Å²) < 4.78 is 16.2. The molecule has 3 heterocycles. The van der Waals surface area contributed by atoms with E-state index in [2.05, 4.69) is 31.0 Å². The number of fused-ring (bicyclic) bond motifs is 2. The molecule has 4 aromatic rings. The average Bonchev–Trinajstić information content (AvgIpc) is 3.22. The van der Waals surface area contributed by atoms with Crippen LogP contribution in [0.3, 0.4) is 0 Å². The van der Waals surface area contributed by atoms with Gasteiger partial charge in [0, 0.05) is 11.1 Å². The number of tetrazole rings is 1. The van der Waals surface area contributed by atoms with Crippen LogP contribution in [0.15, 0.2) is 59.4 Å². The van der Waals surface area contributed by atoms with Gasteiger partial charge in [-0.1, -0.05) is 59.7 Å². The van der Waals surface area contributed by atoms with E-state index in [1.54, 1.807) is 24.3 Å². The molecule has 0 aliphatic carbocycles. The van der Waals surface area contributed by atoms with Gasteiger partial charge in [-0.15, -0.1) is 0 Å². The van der Waals surface area contributed by atoms with Crippen molar-refractivity contribution >= 4 is 23.8 Å². The minimum absolute atomic E-state index is 0.239. The summed E-state index contributed by atoms with van der Waals surface area (Å²) >= 11 is 0. The Hall–Kier alpha value is -4.14. The van der Waals surface area contributed by atoms with Gasteiger partial charge in [-0.05, 0) is 28.1 Å². The van der Waals surface area contributed by atoms with Crippen LogP contribution < -0.4 is 10.9 Å². The molecule has 2 N–H and O–H groups in total. The maximum atomic E-state index is 14.7. The number of nitrogens with one attached hydrogen (secondary N) is 2. The van der Waals surface area contributed by atoms with Gasteiger partial charge in [0.15, 0.2) is 0 Å². The summed E-state index contributed by atoms with van der Waals surface area (Å²) in [7, 11) is 0. The Morgan fingerprint density at radius 1 is 1.03 bits per heavy atom. The fraction of sp³-hybridized carbons (Fsp3) is 0.0500. The first kappa shape index (κ1) is 17.0. The van der Waals surface area contributed by atoms with Crippen molar-refractivity contribution in [2.75, 3.05) is 5.32 Å². The largest absolute Gasteiger partial charge is 0.318 e. The first-order valence-electron chi connectivity index (χ1n) is 8.87. The van der Waals surface area contributed by atoms with Crippen LogP contribution in [0.2, 0.25) is 0 Å². The molecule has 9 heteroatoms. The Kier molecular flexibility index (Phi) is 3.98. The molecule has 0 fully saturated rings. The molecule has 142 valence electrons. The molecule has 2 aromatic heterocycles. The fourth-order valence-electron chi connectivity index (χ4n) is 3.41. The van der Waals surface area contributed by atoms with Crippen LogP contribution in [-0.2, 0) is 0 Å². The van der Waals surface area contributed by atoms with Crippen LogP contribution in [0.4, 0.5) is 16.0 Å². The van der Waals surface area contributed by atoms with E-state index in [9.17, 15) is 9.18 Å². The van der Waals surface area contributed by atoms with Crippen molar-refractivity contribution in [2.45, 2.75) is 6.04 Å². The molecular weight excluding hydrogens is 373 g/mol. The molecule has 2 aromatic carbocycles. The van der Waals surface area contributed by atoms with Gasteiger partial charge < -0.3 is 5.32 Å². The fourth-order valence-corrected chi connectivity index (χ4v) is 3.41. The zero-order valence-electron chi connectivity index (χ0n) is 15.0. The molecule has 1 aliphatic rings. The Bertz CT molecular complexity index is 1280. The van der Waals surface area contributed by atoms with Crippen LogP contribution in [-0.4, -0.2) is 30.4 Å². The Morgan fingerprint density at radius 3 is 2.66 bits per heavy atom. The lowest BCUT2D eigenvalue weighted by Gasteiger charge is -2.27. The molecule has 1 aliphatic heterocycles. The topological polar surface area (TPSA) is 101 Å². The van der Waals surface area contributed by atoms with Crippen molar-refractivity contribution in [3.8, 4) is 0 Å². The van der Waals surface area contributed by atoms with Crippen molar-refractivity contribution < 1.29 is 4.39 Å². The van der Waals surface area contributed by atoms with E-state index in [1.165, 1.54) is 10.7 Å². The number of nitrogens with zero attached hydrogens (tertiary/aromatic N) is 5. The molecule has 0 radical (unpaired) electrons. The van der Waals surface area contributed by atoms with Crippen LogP contribution in [0.5, 0.6) is 0 Å². The number of rotatable bonds is 3. The maximum Gasteiger partial charge on any atom is 0.288 e. The predicted molar refractivity (Wildman–Crippen MR) is 105 cm³/mol. The van der Waals surface area contributed by atoms with Gasteiger partial charge >= 0.3 is 0 Å². The van der Waals surface area contributed by atoms with E-state index in [0.29, 0.717) is 16.8 Å². The summed E-state index contributed by atoms with van der Waals surface area (Å²) in [6, 6.07) is 15.3. The average molecular weight is 387 g/mol. The van der Waals surface area contributed by atoms with E-state index in [1.807, 2.05) is 36.4 Å². The second-order valence-corrected chi connectivity index (χ2v) is 6.47. The SMILES string of the molecule is O=c1[nH]nc(/C=C/c2ccccc2)c2c1Nc1nnnn1[C@H]2c1ccccc1F. The highest BCUT2D eigenvalue weighted by atomic mass is 19.1. The van der Waals surface area contributed by atoms with Crippen LogP contribution in [0.1, 0.15) is 28.4 Å². The van der Waals surface area contributed by atoms with E-state index in [0.717, 1.165) is 5.56 Å². The van der Waals surface area contributed by atoms with Crippen molar-refractivity contribution in [1.82, 2.24) is 30.4 Å². The quantitative estimate of drug-likeness (QED) is 0.494. The van der Waals surface area contributed by atoms with Crippen molar-refractivity contribution in [3.63, 3.8) is 0 Å². The zero-order chi connectivity index (χ0) is 19.8. The molecule has 0 saturated carbocycles. The number of anilines is 2. The number of H-pyrrole nitrogens is 1. The first-order valence-corrected chi connectivity index (χ1v) is 8.87. The van der Waals surface area contributed by atoms with Crippen LogP contribution >= 0.6 is 0 Å². The normalized spacial score (nSPS) is 15.0. The van der Waals surface area contributed by atoms with Gasteiger partial charge in [0.25, 0.3) is 5.56 Å². The third kappa shape index (κ3) is 2.89. The van der Waals surface area contributed by atoms with Gasteiger partial charge in [-0.3, -0.25) is 4.79 Å². The molecule has 1 atom stereocenters. The number of halogens is 1. The van der Waals surface area contributed by atoms with Gasteiger partial charge in [-0.25, -0.2) is 9.49 Å². The second kappa shape index (κ2) is 6.79. The molecule has 29 heavy (non-hydrogen) atoms. The second-order valence-electron chi connectivity index (χ2n) is 6.47. The minimum Gasteiger partial charge on any atom is -0.318 e. The lowest BCUT2D eigenvalue weighted by molar-refractivity contribution is 0.526. The maximum absolute atomic E-state index is 14.7. The monoisotopic (exact) mass is 387 g/mol. The lowest BCUT2D eigenvalue weighted by Crippen LogP contribution is -2.29. The molecular formula is C20H14FN7O. The first-order chi connectivity index (χ1) is 14.2. The van der Waals surface area contributed by atoms with E-state index < -0.39 is 17.4 Å². The van der Waals surface area contributed by atoms with Crippen molar-refractivity contribution in [2.24, 2.45) is 0 Å². The van der Waals surface area contributed by atoms with Gasteiger partial charge in [0.2, 0.25) is 5.95 Å². The Morgan fingerprint density at radius 2 is 1.83 bits per heavy atom. The Balaban J connectivity index is 1.74. The van der Waals surface area contributed by atoms with E-state index in [-0.39, 0.29) is 11.6 Å². The number of benzene rings is 2. The summed E-state index contributed by atoms with van der Waals surface area (Å²) in [5.74, 6) is -0.175. The van der Waals surface area contributed by atoms with Crippen molar-refractivity contribution in [3.05, 3.63) is 93.2 Å². The third-order valence-corrected chi connectivity index (χ3v) is 4.73. The predicted octanol–water partition coefficient (Wildman–Crippen LogP) is 2.76. The molecule has 0 spiro atoms. The lowest BCUT2D eigenvalue weighted by atomic mass is 9.94. The standard InChI is InChI=1S/C20H14FN7O/c21-14-9-5-4-8-13(14)18-16-15(11-10-12-6-2-1-3-7-12)23-24-19(29)17(16)22-20-25-26-27-28(18)20/h1-11,18H,(H,24,29)(H,22,25,27)/b11-10+/t18-/m0/s1. The van der Waals surface area contributed by atoms with Gasteiger partial charge in [0.05, 0.1) is 5.69 Å². The third-order valence-electron chi connectivity index (χ3n) is 4.73. The summed E-state index contributed by atoms with van der Waals surface area (Å²) in [6.07, 6.45) is 3.64. The highest BCUT2D eigenvalue weighted by Crippen LogP contribution is 2.39. The minimum atomic E-state index is -0.748. The molecule has 0 bridgehead atoms. The summed E-state index contributed by atoms with van der Waals surface area (Å²) in [4.78, 5) is 12.5. The van der Waals surface area contributed by atoms with Crippen LogP contribution in [0, 0.1) is 5.82 Å². The zero-order valence-corrected chi connectivity index (χ0v) is 15.0. The highest BCUT2D eigenvalue weighted by Gasteiger charge is 2.34. The van der Waals surface area contributed by atoms with E-state index in [4.69, 9.17) is 0 Å². The smallest absolute Gasteiger partial charge is 0.288 e. The van der Waals surface area contributed by atoms with E-state index >= 15 is 0 Å².